The van der Waals surface area contributed by atoms with Crippen molar-refractivity contribution < 1.29 is 4.79 Å². The highest BCUT2D eigenvalue weighted by Crippen LogP contribution is 2.17. The molecule has 0 aliphatic carbocycles. The third kappa shape index (κ3) is 9.38. The third-order valence-corrected chi connectivity index (χ3v) is 3.63. The van der Waals surface area contributed by atoms with Gasteiger partial charge >= 0.3 is 0 Å². The fourth-order valence-corrected chi connectivity index (χ4v) is 2.36. The van der Waals surface area contributed by atoms with Gasteiger partial charge in [-0.1, -0.05) is 66.2 Å². The van der Waals surface area contributed by atoms with Gasteiger partial charge in [-0.15, -0.1) is 0 Å². The average Bonchev–Trinajstić information content (AvgIpc) is 2.31. The highest BCUT2D eigenvalue weighted by atomic mass is 16.1. The molecular weight excluding hydrogens is 208 g/mol. The minimum absolute atomic E-state index is 0.343. The van der Waals surface area contributed by atoms with E-state index in [2.05, 4.69) is 20.8 Å². The number of unbranched alkanes of at least 4 members (excludes halogenated alkanes) is 4. The van der Waals surface area contributed by atoms with Crippen LogP contribution in [0.15, 0.2) is 0 Å². The standard InChI is InChI=1S/C16H32O/c1-5-15(16(17)6-2)13-11-9-7-8-10-12-14(3)4/h14-15H,5-13H2,1-4H3. The van der Waals surface area contributed by atoms with Crippen LogP contribution in [0.1, 0.15) is 85.5 Å². The molecule has 0 radical (unpaired) electrons. The molecule has 1 heteroatoms. The normalized spacial score (nSPS) is 13.0. The number of hydrogen-bond acceptors (Lipinski definition) is 1. The highest BCUT2D eigenvalue weighted by molar-refractivity contribution is 5.80. The molecule has 0 fully saturated rings. The monoisotopic (exact) mass is 240 g/mol. The molecule has 0 spiro atoms. The van der Waals surface area contributed by atoms with Gasteiger partial charge in [0, 0.05) is 12.3 Å². The molecule has 0 saturated heterocycles. The summed E-state index contributed by atoms with van der Waals surface area (Å²) >= 11 is 0. The number of carbonyl (C=O) groups excluding carboxylic acids is 1. The second-order valence-corrected chi connectivity index (χ2v) is 5.66. The first-order valence-electron chi connectivity index (χ1n) is 7.64. The van der Waals surface area contributed by atoms with Gasteiger partial charge in [0.15, 0.2) is 0 Å². The van der Waals surface area contributed by atoms with E-state index < -0.39 is 0 Å². The highest BCUT2D eigenvalue weighted by Gasteiger charge is 2.13. The maximum Gasteiger partial charge on any atom is 0.135 e. The van der Waals surface area contributed by atoms with Crippen molar-refractivity contribution in [3.05, 3.63) is 0 Å². The van der Waals surface area contributed by atoms with E-state index in [0.717, 1.165) is 18.8 Å². The molecule has 0 N–H and O–H groups in total. The lowest BCUT2D eigenvalue weighted by Crippen LogP contribution is -2.12. The topological polar surface area (TPSA) is 17.1 Å². The van der Waals surface area contributed by atoms with Crippen LogP contribution < -0.4 is 0 Å². The van der Waals surface area contributed by atoms with Crippen molar-refractivity contribution >= 4 is 5.78 Å². The number of hydrogen-bond donors (Lipinski definition) is 0. The summed E-state index contributed by atoms with van der Waals surface area (Å²) in [6.07, 6.45) is 10.9. The van der Waals surface area contributed by atoms with Crippen molar-refractivity contribution in [2.45, 2.75) is 85.5 Å². The maximum absolute atomic E-state index is 11.6. The molecule has 0 saturated carbocycles. The van der Waals surface area contributed by atoms with E-state index in [1.807, 2.05) is 6.92 Å². The molecule has 1 atom stereocenters. The Balaban J connectivity index is 3.40. The fourth-order valence-electron chi connectivity index (χ4n) is 2.36. The third-order valence-electron chi connectivity index (χ3n) is 3.63. The van der Waals surface area contributed by atoms with E-state index >= 15 is 0 Å². The van der Waals surface area contributed by atoms with E-state index in [0.29, 0.717) is 18.1 Å². The second-order valence-electron chi connectivity index (χ2n) is 5.66. The summed E-state index contributed by atoms with van der Waals surface area (Å²) in [5, 5.41) is 0. The summed E-state index contributed by atoms with van der Waals surface area (Å²) in [6, 6.07) is 0. The van der Waals surface area contributed by atoms with Gasteiger partial charge in [-0.25, -0.2) is 0 Å². The van der Waals surface area contributed by atoms with Crippen LogP contribution in [-0.4, -0.2) is 5.78 Å². The summed E-state index contributed by atoms with van der Waals surface area (Å²) in [7, 11) is 0. The molecule has 0 aromatic rings. The Bertz CT molecular complexity index is 184. The maximum atomic E-state index is 11.6. The van der Waals surface area contributed by atoms with Crippen molar-refractivity contribution in [1.82, 2.24) is 0 Å². The number of carbonyl (C=O) groups is 1. The van der Waals surface area contributed by atoms with Crippen LogP contribution in [0.25, 0.3) is 0 Å². The zero-order valence-electron chi connectivity index (χ0n) is 12.4. The molecule has 0 aliphatic heterocycles. The molecule has 1 unspecified atom stereocenters. The van der Waals surface area contributed by atoms with Gasteiger partial charge < -0.3 is 0 Å². The predicted octanol–water partition coefficient (Wildman–Crippen LogP) is 5.38. The van der Waals surface area contributed by atoms with E-state index in [9.17, 15) is 4.79 Å². The minimum Gasteiger partial charge on any atom is -0.299 e. The zero-order chi connectivity index (χ0) is 13.1. The first-order chi connectivity index (χ1) is 8.11. The van der Waals surface area contributed by atoms with Gasteiger partial charge in [0.2, 0.25) is 0 Å². The van der Waals surface area contributed by atoms with Crippen LogP contribution in [0, 0.1) is 11.8 Å². The Morgan fingerprint density at radius 1 is 0.882 bits per heavy atom. The summed E-state index contributed by atoms with van der Waals surface area (Å²) in [5.74, 6) is 1.66. The summed E-state index contributed by atoms with van der Waals surface area (Å²) in [4.78, 5) is 11.6. The predicted molar refractivity (Wildman–Crippen MR) is 76.2 cm³/mol. The van der Waals surface area contributed by atoms with E-state index in [1.165, 1.54) is 38.5 Å². The molecular formula is C16H32O. The summed E-state index contributed by atoms with van der Waals surface area (Å²) in [5.41, 5.74) is 0. The largest absolute Gasteiger partial charge is 0.299 e. The van der Waals surface area contributed by atoms with Gasteiger partial charge in [-0.05, 0) is 18.8 Å². The van der Waals surface area contributed by atoms with E-state index in [4.69, 9.17) is 0 Å². The van der Waals surface area contributed by atoms with Gasteiger partial charge in [-0.3, -0.25) is 4.79 Å². The van der Waals surface area contributed by atoms with Crippen LogP contribution in [-0.2, 0) is 4.79 Å². The molecule has 0 bridgehead atoms. The van der Waals surface area contributed by atoms with Gasteiger partial charge in [-0.2, -0.15) is 0 Å². The quantitative estimate of drug-likeness (QED) is 0.443. The average molecular weight is 240 g/mol. The zero-order valence-corrected chi connectivity index (χ0v) is 12.4. The summed E-state index contributed by atoms with van der Waals surface area (Å²) in [6.45, 7) is 8.71. The van der Waals surface area contributed by atoms with Crippen molar-refractivity contribution in [2.24, 2.45) is 11.8 Å². The molecule has 102 valence electrons. The van der Waals surface area contributed by atoms with Crippen LogP contribution in [0.5, 0.6) is 0 Å². The van der Waals surface area contributed by atoms with Crippen molar-refractivity contribution in [3.8, 4) is 0 Å². The van der Waals surface area contributed by atoms with Crippen LogP contribution in [0.4, 0.5) is 0 Å². The molecule has 0 aromatic heterocycles. The second kappa shape index (κ2) is 10.8. The SMILES string of the molecule is CCC(=O)C(CC)CCCCCCCC(C)C. The van der Waals surface area contributed by atoms with Crippen LogP contribution in [0.2, 0.25) is 0 Å². The van der Waals surface area contributed by atoms with Crippen LogP contribution in [0.3, 0.4) is 0 Å². The van der Waals surface area contributed by atoms with Crippen molar-refractivity contribution in [2.75, 3.05) is 0 Å². The molecule has 0 rings (SSSR count). The van der Waals surface area contributed by atoms with Crippen LogP contribution >= 0.6 is 0 Å². The van der Waals surface area contributed by atoms with Crippen molar-refractivity contribution in [1.29, 1.82) is 0 Å². The molecule has 0 heterocycles. The molecule has 0 aliphatic rings. The fraction of sp³-hybridized carbons (Fsp3) is 0.938. The van der Waals surface area contributed by atoms with Gasteiger partial charge in [0.05, 0.1) is 0 Å². The Labute approximate surface area is 108 Å². The lowest BCUT2D eigenvalue weighted by atomic mass is 9.92. The van der Waals surface area contributed by atoms with Crippen molar-refractivity contribution in [3.63, 3.8) is 0 Å². The summed E-state index contributed by atoms with van der Waals surface area (Å²) < 4.78 is 0. The van der Waals surface area contributed by atoms with Gasteiger partial charge in [0.1, 0.15) is 5.78 Å². The Morgan fingerprint density at radius 3 is 1.88 bits per heavy atom. The Morgan fingerprint density at radius 2 is 1.41 bits per heavy atom. The van der Waals surface area contributed by atoms with E-state index in [1.54, 1.807) is 0 Å². The lowest BCUT2D eigenvalue weighted by Gasteiger charge is -2.12. The molecule has 17 heavy (non-hydrogen) atoms. The number of Topliss-reactive ketones (excluding diaryl/α,β-unsaturated/α-hetero) is 1. The molecule has 0 amide bonds. The van der Waals surface area contributed by atoms with E-state index in [-0.39, 0.29) is 0 Å². The Hall–Kier alpha value is -0.330. The minimum atomic E-state index is 0.343. The number of rotatable bonds is 11. The number of ketones is 1. The smallest absolute Gasteiger partial charge is 0.135 e. The first kappa shape index (κ1) is 16.7. The lowest BCUT2D eigenvalue weighted by molar-refractivity contribution is -0.122. The first-order valence-corrected chi connectivity index (χ1v) is 7.64. The molecule has 1 nitrogen and oxygen atoms in total. The van der Waals surface area contributed by atoms with Gasteiger partial charge in [0.25, 0.3) is 0 Å². The Kier molecular flexibility index (Phi) is 10.6. The molecule has 0 aromatic carbocycles.